The van der Waals surface area contributed by atoms with Crippen molar-refractivity contribution in [3.8, 4) is 0 Å². The molecule has 14 N–H and O–H groups in total. The first-order valence-corrected chi connectivity index (χ1v) is 36.3. The predicted octanol–water partition coefficient (Wildman–Crippen LogP) is 13.4. The lowest BCUT2D eigenvalue weighted by Gasteiger charge is -2.24. The first-order valence-electron chi connectivity index (χ1n) is 34.4. The van der Waals surface area contributed by atoms with Crippen LogP contribution in [0.4, 0.5) is 34.9 Å². The highest BCUT2D eigenvalue weighted by Gasteiger charge is 2.77. The minimum atomic E-state index is -0.860. The molecule has 24 nitrogen and oxygen atoms in total. The van der Waals surface area contributed by atoms with Gasteiger partial charge in [0, 0.05) is 55.5 Å². The Morgan fingerprint density at radius 2 is 0.904 bits per heavy atom. The Bertz CT molecular complexity index is 5450. The van der Waals surface area contributed by atoms with E-state index in [0.29, 0.717) is 67.5 Å². The standard InChI is InChI=1S/C26H27ClN6O2.C23H23ClN6O2.C17H20N4O2.C9H6BrClN2.CH4/c1-25(2)34-20-19(33-8-6-15-22(28)30-12-31-24(15)33)16-11-26(16,21(20)35-25)7-5-13-3-4-14-10-17(27)23(29)32-18(14)9-13;24-15-8-12-2-1-11(7-16(12)29-21(15)26)3-5-23-9-14(23)17(18(31)19(23)32)30-6-4-13-20(25)27-10-28-22(13)30;1-4-17-7-10(17)11(12-13(17)23-16(2,3)22-12)21-6-5-9-14(18)19-8-20-15(9)21;10-6-2-1-5-3-7(11)9(12)13-8(5)4-6;/h3-4,6,8-10,12,16,19-21H,5,7,11H2,1-2H3,(H2,29,32)(H2,28,30,31);1-2,4,6-8,10,14,17-19,31-32H,3,5,9H2,(H2,26,29)(H2,25,27,28);4-6,8,10-13H,1,7H2,2-3H3,(H2,18,19,20);1-4H,(H2,12,13);1H4/t16-,19-,20+,21+,26-;14-,17-,18+,19+,23-;10-,11-,12+,13+,17-;;/m111../s1. The van der Waals surface area contributed by atoms with Gasteiger partial charge >= 0.3 is 0 Å². The van der Waals surface area contributed by atoms with Crippen LogP contribution in [-0.4, -0.2) is 117 Å². The van der Waals surface area contributed by atoms with Gasteiger partial charge in [0.2, 0.25) is 0 Å². The second kappa shape index (κ2) is 25.3. The van der Waals surface area contributed by atoms with Gasteiger partial charge in [-0.1, -0.05) is 94.6 Å². The number of fused-ring (bicyclic) bond motifs is 13. The van der Waals surface area contributed by atoms with Crippen molar-refractivity contribution in [2.45, 2.75) is 146 Å². The van der Waals surface area contributed by atoms with Crippen LogP contribution in [0.15, 0.2) is 146 Å². The van der Waals surface area contributed by atoms with Gasteiger partial charge in [0.1, 0.15) is 89.1 Å². The van der Waals surface area contributed by atoms with E-state index in [1.54, 1.807) is 0 Å². The number of ether oxygens (including phenoxy) is 4. The zero-order chi connectivity index (χ0) is 71.7. The first-order chi connectivity index (χ1) is 49.3. The van der Waals surface area contributed by atoms with E-state index in [4.69, 9.17) is 88.2 Å². The number of benzene rings is 3. The number of aromatic nitrogens is 12. The number of rotatable bonds is 10. The summed E-state index contributed by atoms with van der Waals surface area (Å²) in [5, 5.41) is 28.8. The van der Waals surface area contributed by atoms with Gasteiger partial charge in [0.15, 0.2) is 11.6 Å². The number of pyridine rings is 3. The van der Waals surface area contributed by atoms with Crippen molar-refractivity contribution in [2.24, 2.45) is 34.0 Å². The molecule has 2 saturated heterocycles. The van der Waals surface area contributed by atoms with Crippen molar-refractivity contribution in [1.82, 2.24) is 58.6 Å². The number of aliphatic hydroxyl groups excluding tert-OH is 2. The summed E-state index contributed by atoms with van der Waals surface area (Å²) in [5.41, 5.74) is 42.5. The molecule has 3 aromatic carbocycles. The maximum atomic E-state index is 11.0. The topological polar surface area (TPSA) is 364 Å². The minimum Gasteiger partial charge on any atom is -0.390 e. The molecule has 15 atom stereocenters. The van der Waals surface area contributed by atoms with E-state index < -0.39 is 23.8 Å². The third-order valence-corrected chi connectivity index (χ3v) is 24.6. The van der Waals surface area contributed by atoms with E-state index in [2.05, 4.69) is 113 Å². The monoisotopic (exact) mass is 1520 g/mol. The Morgan fingerprint density at radius 1 is 0.500 bits per heavy atom. The highest BCUT2D eigenvalue weighted by atomic mass is 79.9. The molecule has 20 rings (SSSR count). The highest BCUT2D eigenvalue weighted by Crippen LogP contribution is 2.75. The molecule has 2 aliphatic heterocycles. The average molecular weight is 1530 g/mol. The van der Waals surface area contributed by atoms with Crippen LogP contribution in [0.1, 0.15) is 96.5 Å². The van der Waals surface area contributed by atoms with Gasteiger partial charge in [-0.05, 0) is 162 Å². The molecule has 28 heteroatoms. The van der Waals surface area contributed by atoms with Crippen LogP contribution in [0.5, 0.6) is 0 Å². The van der Waals surface area contributed by atoms with E-state index >= 15 is 0 Å². The Morgan fingerprint density at radius 3 is 1.38 bits per heavy atom. The molecular formula is C76H80BrCl3N18O6. The Labute approximate surface area is 622 Å². The quantitative estimate of drug-likeness (QED) is 0.0590. The lowest BCUT2D eigenvalue weighted by atomic mass is 9.91. The maximum absolute atomic E-state index is 11.0. The number of aliphatic hydroxyl groups is 2. The number of halogens is 4. The number of hydrogen-bond donors (Lipinski definition) is 8. The first kappa shape index (κ1) is 69.8. The summed E-state index contributed by atoms with van der Waals surface area (Å²) in [4.78, 5) is 38.7. The van der Waals surface area contributed by atoms with Crippen molar-refractivity contribution in [1.29, 1.82) is 0 Å². The zero-order valence-electron chi connectivity index (χ0n) is 56.7. The maximum Gasteiger partial charge on any atom is 0.163 e. The molecule has 0 unspecified atom stereocenters. The zero-order valence-corrected chi connectivity index (χ0v) is 60.5. The molecule has 538 valence electrons. The fraction of sp³-hybridized carbons (Fsp3) is 0.382. The van der Waals surface area contributed by atoms with Crippen molar-refractivity contribution in [3.05, 3.63) is 172 Å². The van der Waals surface area contributed by atoms with Crippen LogP contribution in [0, 0.1) is 34.0 Å². The van der Waals surface area contributed by atoms with Gasteiger partial charge in [-0.3, -0.25) is 0 Å². The molecule has 0 radical (unpaired) electrons. The normalized spacial score (nSPS) is 29.4. The molecule has 0 amide bonds. The van der Waals surface area contributed by atoms with E-state index in [-0.39, 0.29) is 72.1 Å². The highest BCUT2D eigenvalue weighted by molar-refractivity contribution is 9.10. The van der Waals surface area contributed by atoms with E-state index in [0.717, 1.165) is 115 Å². The Balaban J connectivity index is 0.000000112. The SMILES string of the molecule is C.C=C[C@@]12C[C@@H]1[C@@H](n1ccc3c(N)ncnc31)[C@@H]1OC(C)(C)O[C@@H]12.CC1(C)O[C@H]2[C@H](n3ccc4c(N)ncnc43)[C@H]3C[C@@]3(CCc3ccc4cc(Cl)c(N)nc4c3)[C@H]2O1.Nc1nc2cc(Br)ccc2cc1Cl.Nc1nc2cc(CC[C@@]34C[C@@H]3[C@@H](n3ccc5c(N)ncnc53)[C@H](O)[C@@H]4O)ccc2cc1Cl. The van der Waals surface area contributed by atoms with Gasteiger partial charge in [-0.15, -0.1) is 6.58 Å². The fourth-order valence-corrected chi connectivity index (χ4v) is 18.9. The Kier molecular flexibility index (Phi) is 17.0. The van der Waals surface area contributed by atoms with E-state index in [1.165, 1.54) is 24.5 Å². The third kappa shape index (κ3) is 11.5. The third-order valence-electron chi connectivity index (χ3n) is 23.2. The second-order valence-electron chi connectivity index (χ2n) is 29.8. The summed E-state index contributed by atoms with van der Waals surface area (Å²) in [7, 11) is 0. The predicted molar refractivity (Wildman–Crippen MR) is 409 cm³/mol. The molecule has 0 spiro atoms. The molecule has 6 aliphatic carbocycles. The van der Waals surface area contributed by atoms with Gasteiger partial charge in [0.05, 0.1) is 84.2 Å². The summed E-state index contributed by atoms with van der Waals surface area (Å²) < 4.78 is 32.9. The summed E-state index contributed by atoms with van der Waals surface area (Å²) in [5.74, 6) is 2.39. The molecule has 104 heavy (non-hydrogen) atoms. The largest absolute Gasteiger partial charge is 0.390 e. The Hall–Kier alpha value is -8.60. The number of aryl methyl sites for hydroxylation is 2. The number of nitrogen functional groups attached to an aromatic ring is 6. The minimum absolute atomic E-state index is 0. The lowest BCUT2D eigenvalue weighted by molar-refractivity contribution is -0.161. The number of nitrogens with two attached hydrogens (primary N) is 6. The van der Waals surface area contributed by atoms with Gasteiger partial charge in [-0.2, -0.15) is 0 Å². The fourth-order valence-electron chi connectivity index (χ4n) is 18.1. The van der Waals surface area contributed by atoms with Crippen LogP contribution >= 0.6 is 50.7 Å². The number of hydrogen-bond acceptors (Lipinski definition) is 21. The molecule has 0 bridgehead atoms. The molecule has 8 fully saturated rings. The smallest absolute Gasteiger partial charge is 0.163 e. The van der Waals surface area contributed by atoms with Crippen LogP contribution in [0.3, 0.4) is 0 Å². The van der Waals surface area contributed by atoms with Crippen molar-refractivity contribution >= 4 is 151 Å². The van der Waals surface area contributed by atoms with Crippen LogP contribution in [-0.2, 0) is 31.8 Å². The number of nitrogens with zero attached hydrogens (tertiary/aromatic N) is 12. The summed E-state index contributed by atoms with van der Waals surface area (Å²) in [6, 6.07) is 29.6. The molecule has 12 aromatic rings. The van der Waals surface area contributed by atoms with Crippen LogP contribution in [0.2, 0.25) is 15.1 Å². The van der Waals surface area contributed by atoms with Gasteiger partial charge in [-0.25, -0.2) is 44.9 Å². The van der Waals surface area contributed by atoms with E-state index in [9.17, 15) is 10.2 Å². The summed E-state index contributed by atoms with van der Waals surface area (Å²) in [6.07, 6.45) is 17.5. The second-order valence-corrected chi connectivity index (χ2v) is 31.9. The molecule has 8 aliphatic rings. The average Bonchev–Trinajstić information content (AvgIpc) is 1.52. The summed E-state index contributed by atoms with van der Waals surface area (Å²) >= 11 is 21.4. The summed E-state index contributed by atoms with van der Waals surface area (Å²) in [6.45, 7) is 12.0. The van der Waals surface area contributed by atoms with Crippen LogP contribution in [0.25, 0.3) is 65.8 Å². The van der Waals surface area contributed by atoms with Crippen molar-refractivity contribution < 1.29 is 29.2 Å². The lowest BCUT2D eigenvalue weighted by Crippen LogP contribution is -2.34. The molecule has 9 aromatic heterocycles. The van der Waals surface area contributed by atoms with E-state index in [1.807, 2.05) is 111 Å². The molecule has 11 heterocycles. The molecular weight excluding hydrogens is 1450 g/mol. The number of anilines is 6. The van der Waals surface area contributed by atoms with Crippen LogP contribution < -0.4 is 34.4 Å². The van der Waals surface area contributed by atoms with Gasteiger partial charge in [0.25, 0.3) is 0 Å². The van der Waals surface area contributed by atoms with Crippen molar-refractivity contribution in [3.63, 3.8) is 0 Å². The van der Waals surface area contributed by atoms with Crippen molar-refractivity contribution in [2.75, 3.05) is 34.4 Å². The van der Waals surface area contributed by atoms with Gasteiger partial charge < -0.3 is 77.3 Å². The molecule has 6 saturated carbocycles.